The molecule has 0 aliphatic heterocycles. The zero-order valence-electron chi connectivity index (χ0n) is 9.67. The summed E-state index contributed by atoms with van der Waals surface area (Å²) in [6, 6.07) is -0.120. The Hall–Kier alpha value is -1.10. The van der Waals surface area contributed by atoms with Gasteiger partial charge in [-0.05, 0) is 5.92 Å². The van der Waals surface area contributed by atoms with Crippen molar-refractivity contribution >= 4 is 11.8 Å². The maximum atomic E-state index is 11.3. The van der Waals surface area contributed by atoms with Gasteiger partial charge in [-0.1, -0.05) is 13.8 Å². The molecule has 1 atom stereocenters. The second-order valence-electron chi connectivity index (χ2n) is 3.89. The van der Waals surface area contributed by atoms with E-state index in [0.29, 0.717) is 19.4 Å². The maximum Gasteiger partial charge on any atom is 0.221 e. The Kier molecular flexibility index (Phi) is 6.70. The number of nitrogens with one attached hydrogen (secondary N) is 2. The molecule has 0 aromatic heterocycles. The van der Waals surface area contributed by atoms with E-state index < -0.39 is 0 Å². The molecule has 0 rings (SSSR count). The number of carbonyl (C=O) groups is 2. The largest absolute Gasteiger partial charge is 0.359 e. The summed E-state index contributed by atoms with van der Waals surface area (Å²) in [5, 5.41) is 5.14. The van der Waals surface area contributed by atoms with E-state index in [1.807, 2.05) is 13.8 Å². The van der Waals surface area contributed by atoms with E-state index in [2.05, 4.69) is 10.6 Å². The van der Waals surface area contributed by atoms with Crippen molar-refractivity contribution in [1.82, 2.24) is 10.6 Å². The molecule has 0 saturated heterocycles. The lowest BCUT2D eigenvalue weighted by Gasteiger charge is -2.14. The molecule has 0 spiro atoms. The van der Waals surface area contributed by atoms with Crippen molar-refractivity contribution in [3.63, 3.8) is 0 Å². The summed E-state index contributed by atoms with van der Waals surface area (Å²) < 4.78 is 0. The second-order valence-corrected chi connectivity index (χ2v) is 3.89. The molecule has 0 fully saturated rings. The third-order valence-electron chi connectivity index (χ3n) is 2.23. The fourth-order valence-corrected chi connectivity index (χ4v) is 0.962. The van der Waals surface area contributed by atoms with Crippen molar-refractivity contribution in [2.75, 3.05) is 13.6 Å². The number of nitrogens with two attached hydrogens (primary N) is 1. The van der Waals surface area contributed by atoms with Gasteiger partial charge in [0.2, 0.25) is 11.8 Å². The molecular formula is C10H21N3O2. The highest BCUT2D eigenvalue weighted by Crippen LogP contribution is 2.01. The van der Waals surface area contributed by atoms with Crippen LogP contribution in [0.25, 0.3) is 0 Å². The van der Waals surface area contributed by atoms with Gasteiger partial charge in [0.05, 0.1) is 0 Å². The average molecular weight is 215 g/mol. The van der Waals surface area contributed by atoms with Gasteiger partial charge in [0.1, 0.15) is 0 Å². The Morgan fingerprint density at radius 2 is 1.87 bits per heavy atom. The number of hydrogen-bond acceptors (Lipinski definition) is 3. The topological polar surface area (TPSA) is 84.2 Å². The first-order chi connectivity index (χ1) is 6.97. The summed E-state index contributed by atoms with van der Waals surface area (Å²) >= 11 is 0. The van der Waals surface area contributed by atoms with Crippen LogP contribution in [-0.4, -0.2) is 31.4 Å². The van der Waals surface area contributed by atoms with Gasteiger partial charge >= 0.3 is 0 Å². The third-order valence-corrected chi connectivity index (χ3v) is 2.23. The summed E-state index contributed by atoms with van der Waals surface area (Å²) in [5.74, 6) is 0.109. The molecule has 0 bridgehead atoms. The van der Waals surface area contributed by atoms with E-state index in [-0.39, 0.29) is 23.8 Å². The highest BCUT2D eigenvalue weighted by Gasteiger charge is 2.12. The number of carbonyl (C=O) groups excluding carboxylic acids is 2. The first kappa shape index (κ1) is 13.9. The summed E-state index contributed by atoms with van der Waals surface area (Å²) in [5.41, 5.74) is 5.73. The molecule has 0 aromatic rings. The number of rotatable bonds is 6. The van der Waals surface area contributed by atoms with Gasteiger partial charge in [-0.15, -0.1) is 0 Å². The van der Waals surface area contributed by atoms with Crippen LogP contribution in [0, 0.1) is 5.92 Å². The molecule has 0 radical (unpaired) electrons. The molecule has 1 unspecified atom stereocenters. The van der Waals surface area contributed by atoms with Crippen molar-refractivity contribution < 1.29 is 9.59 Å². The van der Waals surface area contributed by atoms with Crippen LogP contribution >= 0.6 is 0 Å². The SMILES string of the molecule is CNC(=O)CCNC(=O)CC(N)C(C)C. The van der Waals surface area contributed by atoms with Crippen LogP contribution in [0.1, 0.15) is 26.7 Å². The molecule has 0 aliphatic rings. The molecule has 0 saturated carbocycles. The van der Waals surface area contributed by atoms with Crippen LogP contribution in [-0.2, 0) is 9.59 Å². The molecule has 0 aromatic carbocycles. The van der Waals surface area contributed by atoms with Gasteiger partial charge in [0.15, 0.2) is 0 Å². The normalized spacial score (nSPS) is 12.3. The maximum absolute atomic E-state index is 11.3. The molecule has 15 heavy (non-hydrogen) atoms. The minimum Gasteiger partial charge on any atom is -0.359 e. The van der Waals surface area contributed by atoms with E-state index in [0.717, 1.165) is 0 Å². The van der Waals surface area contributed by atoms with Crippen molar-refractivity contribution in [3.8, 4) is 0 Å². The van der Waals surface area contributed by atoms with E-state index >= 15 is 0 Å². The first-order valence-corrected chi connectivity index (χ1v) is 5.20. The average Bonchev–Trinajstić information content (AvgIpc) is 2.17. The van der Waals surface area contributed by atoms with Gasteiger partial charge < -0.3 is 16.4 Å². The lowest BCUT2D eigenvalue weighted by Crippen LogP contribution is -2.36. The molecule has 4 N–H and O–H groups in total. The third kappa shape index (κ3) is 6.90. The summed E-state index contributed by atoms with van der Waals surface area (Å²) in [6.07, 6.45) is 0.616. The Balaban J connectivity index is 3.62. The van der Waals surface area contributed by atoms with Gasteiger partial charge in [0, 0.05) is 32.5 Å². The molecular weight excluding hydrogens is 194 g/mol. The Bertz CT molecular complexity index is 217. The second kappa shape index (κ2) is 7.23. The lowest BCUT2D eigenvalue weighted by molar-refractivity contribution is -0.122. The highest BCUT2D eigenvalue weighted by molar-refractivity contribution is 5.79. The van der Waals surface area contributed by atoms with Gasteiger partial charge in [0.25, 0.3) is 0 Å². The molecule has 5 heteroatoms. The fourth-order valence-electron chi connectivity index (χ4n) is 0.962. The standard InChI is InChI=1S/C10H21N3O2/c1-7(2)8(11)6-10(15)13-5-4-9(14)12-3/h7-8H,4-6,11H2,1-3H3,(H,12,14)(H,13,15). The van der Waals surface area contributed by atoms with Crippen LogP contribution in [0.15, 0.2) is 0 Å². The smallest absolute Gasteiger partial charge is 0.221 e. The predicted octanol–water partition coefficient (Wildman–Crippen LogP) is -0.388. The van der Waals surface area contributed by atoms with Crippen molar-refractivity contribution in [2.24, 2.45) is 11.7 Å². The molecule has 5 nitrogen and oxygen atoms in total. The lowest BCUT2D eigenvalue weighted by atomic mass is 10.0. The Labute approximate surface area is 90.8 Å². The zero-order valence-corrected chi connectivity index (χ0v) is 9.67. The minimum atomic E-state index is -0.120. The van der Waals surface area contributed by atoms with Crippen LogP contribution in [0.2, 0.25) is 0 Å². The zero-order chi connectivity index (χ0) is 11.8. The van der Waals surface area contributed by atoms with E-state index in [9.17, 15) is 9.59 Å². The monoisotopic (exact) mass is 215 g/mol. The van der Waals surface area contributed by atoms with Crippen molar-refractivity contribution in [1.29, 1.82) is 0 Å². The molecule has 0 heterocycles. The minimum absolute atomic E-state index is 0.0801. The van der Waals surface area contributed by atoms with Crippen LogP contribution < -0.4 is 16.4 Å². The van der Waals surface area contributed by atoms with Gasteiger partial charge in [-0.25, -0.2) is 0 Å². The van der Waals surface area contributed by atoms with E-state index in [1.54, 1.807) is 7.05 Å². The van der Waals surface area contributed by atoms with Crippen LogP contribution in [0.3, 0.4) is 0 Å². The first-order valence-electron chi connectivity index (χ1n) is 5.20. The summed E-state index contributed by atoms with van der Waals surface area (Å²) in [7, 11) is 1.57. The summed E-state index contributed by atoms with van der Waals surface area (Å²) in [4.78, 5) is 22.1. The Morgan fingerprint density at radius 3 is 2.33 bits per heavy atom. The van der Waals surface area contributed by atoms with Crippen LogP contribution in [0.5, 0.6) is 0 Å². The fraction of sp³-hybridized carbons (Fsp3) is 0.800. The summed E-state index contributed by atoms with van der Waals surface area (Å²) in [6.45, 7) is 4.31. The number of hydrogen-bond donors (Lipinski definition) is 3. The highest BCUT2D eigenvalue weighted by atomic mass is 16.2. The molecule has 2 amide bonds. The van der Waals surface area contributed by atoms with Crippen LogP contribution in [0.4, 0.5) is 0 Å². The van der Waals surface area contributed by atoms with Crippen molar-refractivity contribution in [2.45, 2.75) is 32.7 Å². The quantitative estimate of drug-likeness (QED) is 0.564. The van der Waals surface area contributed by atoms with E-state index in [1.165, 1.54) is 0 Å². The number of amides is 2. The van der Waals surface area contributed by atoms with Gasteiger partial charge in [-0.2, -0.15) is 0 Å². The predicted molar refractivity (Wildman–Crippen MR) is 59.1 cm³/mol. The van der Waals surface area contributed by atoms with E-state index in [4.69, 9.17) is 5.73 Å². The Morgan fingerprint density at radius 1 is 1.27 bits per heavy atom. The molecule has 88 valence electrons. The van der Waals surface area contributed by atoms with Crippen molar-refractivity contribution in [3.05, 3.63) is 0 Å². The molecule has 0 aliphatic carbocycles. The van der Waals surface area contributed by atoms with Gasteiger partial charge in [-0.3, -0.25) is 9.59 Å².